The number of ether oxygens (including phenoxy) is 1. The third-order valence-electron chi connectivity index (χ3n) is 8.36. The highest BCUT2D eigenvalue weighted by Crippen LogP contribution is 2.30. The van der Waals surface area contributed by atoms with Crippen LogP contribution in [0.25, 0.3) is 11.1 Å². The van der Waals surface area contributed by atoms with Crippen LogP contribution in [0.3, 0.4) is 0 Å². The van der Waals surface area contributed by atoms with E-state index in [4.69, 9.17) is 4.74 Å². The molecule has 1 aliphatic carbocycles. The quantitative estimate of drug-likeness (QED) is 0.338. The minimum Gasteiger partial charge on any atom is -0.480 e. The summed E-state index contributed by atoms with van der Waals surface area (Å²) in [4.78, 5) is 27.7. The van der Waals surface area contributed by atoms with E-state index in [1.165, 1.54) is 25.7 Å². The number of hydrogen-bond acceptors (Lipinski definition) is 6. The summed E-state index contributed by atoms with van der Waals surface area (Å²) < 4.78 is 29.6. The number of rotatable bonds is 12. The van der Waals surface area contributed by atoms with E-state index < -0.39 is 27.8 Å². The first-order valence-electron chi connectivity index (χ1n) is 14.9. The number of amides is 1. The van der Waals surface area contributed by atoms with Crippen LogP contribution in [0, 0.1) is 6.92 Å². The van der Waals surface area contributed by atoms with E-state index in [0.29, 0.717) is 17.7 Å². The molecule has 0 spiro atoms. The van der Waals surface area contributed by atoms with E-state index >= 15 is 0 Å². The predicted molar refractivity (Wildman–Crippen MR) is 161 cm³/mol. The number of nitrogens with one attached hydrogen (secondary N) is 1. The van der Waals surface area contributed by atoms with Gasteiger partial charge in [-0.15, -0.1) is 0 Å². The lowest BCUT2D eigenvalue weighted by molar-refractivity contribution is -0.139. The summed E-state index contributed by atoms with van der Waals surface area (Å²) in [7, 11) is -3.37. The molecule has 0 bridgehead atoms. The van der Waals surface area contributed by atoms with E-state index in [0.717, 1.165) is 73.9 Å². The Kier molecular flexibility index (Phi) is 11.0. The van der Waals surface area contributed by atoms with E-state index in [1.807, 2.05) is 43.3 Å². The molecule has 2 aromatic rings. The number of carbonyl (C=O) groups is 2. The molecule has 2 atom stereocenters. The zero-order chi connectivity index (χ0) is 29.4. The molecule has 2 unspecified atom stereocenters. The van der Waals surface area contributed by atoms with Gasteiger partial charge < -0.3 is 15.2 Å². The fraction of sp³-hybridized carbons (Fsp3) is 0.562. The molecule has 224 valence electrons. The van der Waals surface area contributed by atoms with Crippen molar-refractivity contribution in [3.8, 4) is 11.1 Å². The van der Waals surface area contributed by atoms with E-state index in [2.05, 4.69) is 10.2 Å². The molecule has 0 radical (unpaired) electrons. The molecule has 1 saturated carbocycles. The van der Waals surface area contributed by atoms with Gasteiger partial charge in [-0.1, -0.05) is 56.0 Å². The monoisotopic (exact) mass is 584 g/mol. The van der Waals surface area contributed by atoms with Gasteiger partial charge in [0.2, 0.25) is 0 Å². The first-order chi connectivity index (χ1) is 19.6. The Hall–Kier alpha value is -2.75. The second kappa shape index (κ2) is 14.4. The number of carboxylic acids is 1. The fourth-order valence-corrected chi connectivity index (χ4v) is 6.66. The number of sulfone groups is 1. The standard InChI is InChI=1S/C32H44N2O6S/c1-23-10-7-8-14-27(23)29-20-24(15-16-28(29)31(35)33-30(32(36)37)17-19-41(2,38)39)21-34-18-9-11-25(34)22-40-26-12-5-3-4-6-13-26/h7-8,10,14-16,20,25-26,30H,3-6,9,11-13,17-19,21-22H2,1-2H3,(H,33,35)(H,36,37). The second-order valence-electron chi connectivity index (χ2n) is 11.7. The van der Waals surface area contributed by atoms with E-state index in [9.17, 15) is 23.1 Å². The Labute approximate surface area is 244 Å². The number of nitrogens with zero attached hydrogens (tertiary/aromatic N) is 1. The maximum absolute atomic E-state index is 13.4. The third kappa shape index (κ3) is 9.12. The lowest BCUT2D eigenvalue weighted by Gasteiger charge is -2.27. The van der Waals surface area contributed by atoms with Crippen LogP contribution < -0.4 is 5.32 Å². The number of aliphatic carboxylic acids is 1. The van der Waals surface area contributed by atoms with E-state index in [-0.39, 0.29) is 12.2 Å². The average Bonchev–Trinajstić information content (AvgIpc) is 3.19. The van der Waals surface area contributed by atoms with Crippen LogP contribution in [-0.2, 0) is 25.9 Å². The molecule has 41 heavy (non-hydrogen) atoms. The SMILES string of the molecule is Cc1ccccc1-c1cc(CN2CCCC2COC2CCCCCC2)ccc1C(=O)NC(CCS(C)(=O)=O)C(=O)O. The molecule has 2 aliphatic rings. The van der Waals surface area contributed by atoms with Gasteiger partial charge in [0.1, 0.15) is 15.9 Å². The molecule has 1 heterocycles. The molecular weight excluding hydrogens is 540 g/mol. The first-order valence-corrected chi connectivity index (χ1v) is 16.9. The van der Waals surface area contributed by atoms with Crippen molar-refractivity contribution in [3.05, 3.63) is 59.2 Å². The van der Waals surface area contributed by atoms with Crippen LogP contribution in [0.1, 0.15) is 79.3 Å². The zero-order valence-corrected chi connectivity index (χ0v) is 25.1. The topological polar surface area (TPSA) is 113 Å². The summed E-state index contributed by atoms with van der Waals surface area (Å²) in [6.45, 7) is 4.48. The van der Waals surface area contributed by atoms with Crippen LogP contribution in [0.2, 0.25) is 0 Å². The Balaban J connectivity index is 1.52. The maximum atomic E-state index is 13.4. The van der Waals surface area contributed by atoms with Crippen molar-refractivity contribution in [2.24, 2.45) is 0 Å². The van der Waals surface area contributed by atoms with Crippen LogP contribution in [0.4, 0.5) is 0 Å². The molecule has 1 amide bonds. The highest BCUT2D eigenvalue weighted by Gasteiger charge is 2.28. The Morgan fingerprint density at radius 3 is 2.44 bits per heavy atom. The van der Waals surface area contributed by atoms with Gasteiger partial charge in [0.05, 0.1) is 18.5 Å². The van der Waals surface area contributed by atoms with Crippen molar-refractivity contribution in [2.45, 2.75) is 89.4 Å². The van der Waals surface area contributed by atoms with Crippen LogP contribution in [0.5, 0.6) is 0 Å². The molecule has 1 aliphatic heterocycles. The van der Waals surface area contributed by atoms with Crippen molar-refractivity contribution >= 4 is 21.7 Å². The van der Waals surface area contributed by atoms with Crippen LogP contribution >= 0.6 is 0 Å². The Morgan fingerprint density at radius 2 is 1.76 bits per heavy atom. The fourth-order valence-electron chi connectivity index (χ4n) is 5.99. The van der Waals surface area contributed by atoms with Crippen LogP contribution in [-0.4, -0.2) is 73.6 Å². The van der Waals surface area contributed by atoms with Crippen molar-refractivity contribution in [2.75, 3.05) is 25.2 Å². The average molecular weight is 585 g/mol. The Bertz CT molecular complexity index is 1300. The number of likely N-dealkylation sites (tertiary alicyclic amines) is 1. The summed E-state index contributed by atoms with van der Waals surface area (Å²) in [5.41, 5.74) is 4.07. The maximum Gasteiger partial charge on any atom is 0.326 e. The number of carboxylic acid groups (broad SMARTS) is 1. The number of hydrogen-bond donors (Lipinski definition) is 2. The number of carbonyl (C=O) groups excluding carboxylic acids is 1. The highest BCUT2D eigenvalue weighted by atomic mass is 32.2. The smallest absolute Gasteiger partial charge is 0.326 e. The molecular formula is C32H44N2O6S. The second-order valence-corrected chi connectivity index (χ2v) is 14.0. The lowest BCUT2D eigenvalue weighted by atomic mass is 9.93. The molecule has 4 rings (SSSR count). The summed E-state index contributed by atoms with van der Waals surface area (Å²) in [5.74, 6) is -2.12. The van der Waals surface area contributed by atoms with Crippen molar-refractivity contribution < 1.29 is 27.9 Å². The van der Waals surface area contributed by atoms with Gasteiger partial charge in [-0.3, -0.25) is 9.69 Å². The molecule has 1 saturated heterocycles. The third-order valence-corrected chi connectivity index (χ3v) is 9.33. The van der Waals surface area contributed by atoms with Crippen molar-refractivity contribution in [3.63, 3.8) is 0 Å². The minimum atomic E-state index is -3.37. The molecule has 2 aromatic carbocycles. The summed E-state index contributed by atoms with van der Waals surface area (Å²) in [6, 6.07) is 12.6. The van der Waals surface area contributed by atoms with Gasteiger partial charge in [-0.05, 0) is 80.0 Å². The van der Waals surface area contributed by atoms with Gasteiger partial charge in [0, 0.05) is 24.4 Å². The predicted octanol–water partition coefficient (Wildman–Crippen LogP) is 4.98. The van der Waals surface area contributed by atoms with Gasteiger partial charge in [-0.25, -0.2) is 13.2 Å². The molecule has 0 aromatic heterocycles. The Morgan fingerprint density at radius 1 is 1.02 bits per heavy atom. The molecule has 8 nitrogen and oxygen atoms in total. The van der Waals surface area contributed by atoms with Gasteiger partial charge in [0.15, 0.2) is 0 Å². The van der Waals surface area contributed by atoms with Crippen molar-refractivity contribution in [1.82, 2.24) is 10.2 Å². The summed E-state index contributed by atoms with van der Waals surface area (Å²) in [5, 5.41) is 12.2. The summed E-state index contributed by atoms with van der Waals surface area (Å²) >= 11 is 0. The van der Waals surface area contributed by atoms with Gasteiger partial charge in [-0.2, -0.15) is 0 Å². The normalized spacial score (nSPS) is 19.5. The summed E-state index contributed by atoms with van der Waals surface area (Å²) in [6.07, 6.45) is 10.9. The largest absolute Gasteiger partial charge is 0.480 e. The van der Waals surface area contributed by atoms with Gasteiger partial charge >= 0.3 is 5.97 Å². The molecule has 9 heteroatoms. The van der Waals surface area contributed by atoms with Crippen LogP contribution in [0.15, 0.2) is 42.5 Å². The first kappa shape index (κ1) is 31.2. The van der Waals surface area contributed by atoms with E-state index in [1.54, 1.807) is 6.07 Å². The number of aryl methyl sites for hydroxylation is 1. The molecule has 2 fully saturated rings. The van der Waals surface area contributed by atoms with Gasteiger partial charge in [0.25, 0.3) is 5.91 Å². The molecule has 2 N–H and O–H groups in total. The minimum absolute atomic E-state index is 0.197. The van der Waals surface area contributed by atoms with Crippen molar-refractivity contribution in [1.29, 1.82) is 0 Å². The zero-order valence-electron chi connectivity index (χ0n) is 24.3. The lowest BCUT2D eigenvalue weighted by Crippen LogP contribution is -2.42. The highest BCUT2D eigenvalue weighted by molar-refractivity contribution is 7.90. The number of benzene rings is 2.